The van der Waals surface area contributed by atoms with E-state index in [9.17, 15) is 5.26 Å². The second-order valence-corrected chi connectivity index (χ2v) is 6.67. The molecule has 26 heavy (non-hydrogen) atoms. The number of aromatic nitrogens is 3. The van der Waals surface area contributed by atoms with Crippen LogP contribution in [-0.4, -0.2) is 41.7 Å². The van der Waals surface area contributed by atoms with Crippen LogP contribution in [0, 0.1) is 17.2 Å². The number of ether oxygens (including phenoxy) is 1. The zero-order valence-electron chi connectivity index (χ0n) is 14.8. The van der Waals surface area contributed by atoms with Gasteiger partial charge in [-0.25, -0.2) is 0 Å². The summed E-state index contributed by atoms with van der Waals surface area (Å²) in [6.07, 6.45) is 5.15. The first kappa shape index (κ1) is 16.6. The van der Waals surface area contributed by atoms with Crippen molar-refractivity contribution in [1.29, 1.82) is 5.26 Å². The number of nitriles is 1. The fourth-order valence-corrected chi connectivity index (χ4v) is 3.71. The lowest BCUT2D eigenvalue weighted by Gasteiger charge is -2.32. The van der Waals surface area contributed by atoms with E-state index in [0.717, 1.165) is 38.3 Å². The van der Waals surface area contributed by atoms with Gasteiger partial charge in [0.1, 0.15) is 11.8 Å². The molecular weight excluding hydrogens is 326 g/mol. The topological polar surface area (TPSA) is 77.8 Å². The number of para-hydroxylation sites is 1. The average molecular weight is 347 g/mol. The maximum atomic E-state index is 9.20. The number of rotatable bonds is 3. The summed E-state index contributed by atoms with van der Waals surface area (Å²) in [6, 6.07) is 10.7. The van der Waals surface area contributed by atoms with Crippen LogP contribution in [0.4, 0.5) is 5.69 Å². The summed E-state index contributed by atoms with van der Waals surface area (Å²) < 4.78 is 5.49. The van der Waals surface area contributed by atoms with Gasteiger partial charge >= 0.3 is 0 Å². The lowest BCUT2D eigenvalue weighted by Crippen LogP contribution is -2.36. The van der Waals surface area contributed by atoms with Gasteiger partial charge in [0, 0.05) is 24.3 Å². The number of benzene rings is 1. The van der Waals surface area contributed by atoms with E-state index in [-0.39, 0.29) is 5.92 Å². The molecule has 1 aromatic carbocycles. The summed E-state index contributed by atoms with van der Waals surface area (Å²) in [5.74, 6) is 0.268. The highest BCUT2D eigenvalue weighted by Crippen LogP contribution is 2.39. The summed E-state index contributed by atoms with van der Waals surface area (Å²) in [6.45, 7) is 5.57. The molecule has 1 fully saturated rings. The summed E-state index contributed by atoms with van der Waals surface area (Å²) >= 11 is 0. The van der Waals surface area contributed by atoms with Crippen molar-refractivity contribution in [2.45, 2.75) is 13.3 Å². The van der Waals surface area contributed by atoms with Crippen molar-refractivity contribution in [3.8, 4) is 6.07 Å². The van der Waals surface area contributed by atoms with Crippen molar-refractivity contribution < 1.29 is 4.74 Å². The van der Waals surface area contributed by atoms with Crippen molar-refractivity contribution in [3.63, 3.8) is 0 Å². The van der Waals surface area contributed by atoms with Gasteiger partial charge in [0.2, 0.25) is 0 Å². The fourth-order valence-electron chi connectivity index (χ4n) is 3.71. The number of allylic oxidation sites excluding steroid dienone is 4. The number of hydrogen-bond donors (Lipinski definition) is 1. The van der Waals surface area contributed by atoms with E-state index in [1.54, 1.807) is 0 Å². The third-order valence-electron chi connectivity index (χ3n) is 5.05. The fraction of sp³-hybridized carbons (Fsp3) is 0.350. The van der Waals surface area contributed by atoms with E-state index >= 15 is 0 Å². The van der Waals surface area contributed by atoms with E-state index < -0.39 is 0 Å². The minimum Gasteiger partial charge on any atom is -0.378 e. The molecule has 0 radical (unpaired) electrons. The van der Waals surface area contributed by atoms with E-state index in [4.69, 9.17) is 4.74 Å². The normalized spacial score (nSPS) is 20.3. The molecule has 1 unspecified atom stereocenters. The molecule has 0 bridgehead atoms. The van der Waals surface area contributed by atoms with Crippen molar-refractivity contribution in [2.24, 2.45) is 5.92 Å². The van der Waals surface area contributed by atoms with Gasteiger partial charge in [-0.05, 0) is 29.6 Å². The van der Waals surface area contributed by atoms with Crippen LogP contribution in [0.1, 0.15) is 30.3 Å². The largest absolute Gasteiger partial charge is 0.378 e. The first-order valence-electron chi connectivity index (χ1n) is 8.92. The van der Waals surface area contributed by atoms with Crippen LogP contribution in [0.5, 0.6) is 0 Å². The molecule has 1 N–H and O–H groups in total. The predicted molar refractivity (Wildman–Crippen MR) is 100 cm³/mol. The molecule has 1 aromatic heterocycles. The van der Waals surface area contributed by atoms with Crippen molar-refractivity contribution in [1.82, 2.24) is 15.4 Å². The van der Waals surface area contributed by atoms with Gasteiger partial charge < -0.3 is 9.64 Å². The van der Waals surface area contributed by atoms with Crippen LogP contribution in [0.2, 0.25) is 0 Å². The zero-order valence-corrected chi connectivity index (χ0v) is 14.8. The van der Waals surface area contributed by atoms with Gasteiger partial charge in [0.25, 0.3) is 0 Å². The van der Waals surface area contributed by atoms with Gasteiger partial charge in [-0.1, -0.05) is 37.3 Å². The number of morpholine rings is 1. The smallest absolute Gasteiger partial charge is 0.190 e. The van der Waals surface area contributed by atoms with Gasteiger partial charge in [-0.15, -0.1) is 5.10 Å². The van der Waals surface area contributed by atoms with Crippen LogP contribution in [0.3, 0.4) is 0 Å². The van der Waals surface area contributed by atoms with Gasteiger partial charge in [-0.2, -0.15) is 15.6 Å². The Morgan fingerprint density at radius 3 is 2.77 bits per heavy atom. The third kappa shape index (κ3) is 3.02. The van der Waals surface area contributed by atoms with Crippen LogP contribution in [-0.2, 0) is 4.74 Å². The van der Waals surface area contributed by atoms with E-state index in [1.807, 2.05) is 0 Å². The lowest BCUT2D eigenvalue weighted by atomic mass is 9.83. The molecule has 2 heterocycles. The molecular formula is C20H21N5O. The number of nitrogens with one attached hydrogen (secondary N) is 1. The SMILES string of the molecule is CC1CC(c2ccccc2N2CCOCC2)=CC=C1c1n[nH]nc1C#N. The van der Waals surface area contributed by atoms with E-state index in [1.165, 1.54) is 16.8 Å². The van der Waals surface area contributed by atoms with Crippen molar-refractivity contribution >= 4 is 16.8 Å². The van der Waals surface area contributed by atoms with Gasteiger partial charge in [-0.3, -0.25) is 0 Å². The lowest BCUT2D eigenvalue weighted by molar-refractivity contribution is 0.122. The highest BCUT2D eigenvalue weighted by molar-refractivity contribution is 5.84. The van der Waals surface area contributed by atoms with E-state index in [2.05, 4.69) is 69.7 Å². The second kappa shape index (κ2) is 7.14. The van der Waals surface area contributed by atoms with Crippen LogP contribution >= 0.6 is 0 Å². The molecule has 1 aliphatic carbocycles. The summed E-state index contributed by atoms with van der Waals surface area (Å²) in [4.78, 5) is 2.40. The van der Waals surface area contributed by atoms with Crippen LogP contribution < -0.4 is 4.90 Å². The average Bonchev–Trinajstić information content (AvgIpc) is 3.17. The monoisotopic (exact) mass is 347 g/mol. The number of anilines is 1. The molecule has 1 saturated heterocycles. The third-order valence-corrected chi connectivity index (χ3v) is 5.05. The molecule has 6 heteroatoms. The molecule has 132 valence electrons. The molecule has 2 aromatic rings. The Bertz CT molecular complexity index is 899. The molecule has 1 atom stereocenters. The first-order chi connectivity index (χ1) is 12.8. The molecule has 4 rings (SSSR count). The van der Waals surface area contributed by atoms with Crippen molar-refractivity contribution in [3.05, 3.63) is 53.4 Å². The molecule has 2 aliphatic rings. The maximum Gasteiger partial charge on any atom is 0.190 e. The molecule has 0 spiro atoms. The zero-order chi connectivity index (χ0) is 17.9. The Morgan fingerprint density at radius 1 is 1.19 bits per heavy atom. The number of H-pyrrole nitrogens is 1. The molecule has 6 nitrogen and oxygen atoms in total. The predicted octanol–water partition coefficient (Wildman–Crippen LogP) is 3.02. The Morgan fingerprint density at radius 2 is 2.00 bits per heavy atom. The molecule has 0 saturated carbocycles. The minimum atomic E-state index is 0.268. The Kier molecular flexibility index (Phi) is 4.55. The summed E-state index contributed by atoms with van der Waals surface area (Å²) in [7, 11) is 0. The van der Waals surface area contributed by atoms with Crippen molar-refractivity contribution in [2.75, 3.05) is 31.2 Å². The highest BCUT2D eigenvalue weighted by Gasteiger charge is 2.24. The number of hydrogen-bond acceptors (Lipinski definition) is 5. The van der Waals surface area contributed by atoms with Crippen LogP contribution in [0.15, 0.2) is 36.4 Å². The number of nitrogens with zero attached hydrogens (tertiary/aromatic N) is 4. The summed E-state index contributed by atoms with van der Waals surface area (Å²) in [5.41, 5.74) is 5.93. The first-order valence-corrected chi connectivity index (χ1v) is 8.92. The Balaban J connectivity index is 1.69. The van der Waals surface area contributed by atoms with E-state index in [0.29, 0.717) is 11.4 Å². The standard InChI is InChI=1S/C20H21N5O/c1-14-12-15(6-7-16(14)20-18(13-21)22-24-23-20)17-4-2-3-5-19(17)25-8-10-26-11-9-25/h2-7,14H,8-12H2,1H3,(H,22,23,24). The van der Waals surface area contributed by atoms with Gasteiger partial charge in [0.05, 0.1) is 13.2 Å². The highest BCUT2D eigenvalue weighted by atomic mass is 16.5. The Hall–Kier alpha value is -2.91. The quantitative estimate of drug-likeness (QED) is 0.923. The second-order valence-electron chi connectivity index (χ2n) is 6.67. The molecule has 0 amide bonds. The number of aromatic amines is 1. The Labute approximate surface area is 152 Å². The molecule has 1 aliphatic heterocycles. The van der Waals surface area contributed by atoms with Gasteiger partial charge in [0.15, 0.2) is 5.69 Å². The van der Waals surface area contributed by atoms with Crippen LogP contribution in [0.25, 0.3) is 11.1 Å². The maximum absolute atomic E-state index is 9.20. The summed E-state index contributed by atoms with van der Waals surface area (Å²) in [5, 5.41) is 19.9. The minimum absolute atomic E-state index is 0.268.